The number of aliphatic hydroxyl groups excluding tert-OH is 1. The van der Waals surface area contributed by atoms with Crippen molar-refractivity contribution in [2.24, 2.45) is 5.92 Å². The van der Waals surface area contributed by atoms with E-state index >= 15 is 0 Å². The van der Waals surface area contributed by atoms with E-state index in [2.05, 4.69) is 10.6 Å². The Morgan fingerprint density at radius 1 is 1.50 bits per heavy atom. The van der Waals surface area contributed by atoms with Crippen LogP contribution >= 0.6 is 0 Å². The lowest BCUT2D eigenvalue weighted by Crippen LogP contribution is -2.58. The maximum atomic E-state index is 10.7. The first-order chi connectivity index (χ1) is 6.50. The molecule has 0 aromatic carbocycles. The average molecular weight is 202 g/mol. The van der Waals surface area contributed by atoms with E-state index in [4.69, 9.17) is 5.11 Å². The summed E-state index contributed by atoms with van der Waals surface area (Å²) in [6.07, 6.45) is -1.23. The van der Waals surface area contributed by atoms with Crippen molar-refractivity contribution in [1.82, 2.24) is 10.6 Å². The second-order valence-corrected chi connectivity index (χ2v) is 3.42. The van der Waals surface area contributed by atoms with Crippen LogP contribution in [-0.2, 0) is 9.59 Å². The Morgan fingerprint density at radius 3 is 2.57 bits per heavy atom. The number of rotatable bonds is 2. The summed E-state index contributed by atoms with van der Waals surface area (Å²) < 4.78 is 0. The van der Waals surface area contributed by atoms with Crippen LogP contribution in [0.2, 0.25) is 0 Å². The summed E-state index contributed by atoms with van der Waals surface area (Å²) in [6, 6.07) is 0. The molecule has 0 unspecified atom stereocenters. The van der Waals surface area contributed by atoms with Gasteiger partial charge in [-0.05, 0) is 6.42 Å². The van der Waals surface area contributed by atoms with Crippen molar-refractivity contribution in [2.45, 2.75) is 25.6 Å². The molecule has 0 aromatic heterocycles. The standard InChI is InChI=1S/C8H14N2O4/c1-4(11)10-7-6(12)2-5(3-9-7)8(13)14/h5-7,9,12H,2-3H2,1H3,(H,10,11)(H,13,14)/t5-,6+,7-/m1/s1. The molecule has 14 heavy (non-hydrogen) atoms. The molecule has 0 aromatic rings. The largest absolute Gasteiger partial charge is 0.481 e. The number of carboxylic acids is 1. The average Bonchev–Trinajstić information content (AvgIpc) is 2.07. The van der Waals surface area contributed by atoms with Crippen LogP contribution in [0.25, 0.3) is 0 Å². The van der Waals surface area contributed by atoms with Crippen molar-refractivity contribution in [3.05, 3.63) is 0 Å². The third-order valence-corrected chi connectivity index (χ3v) is 2.20. The van der Waals surface area contributed by atoms with Crippen molar-refractivity contribution < 1.29 is 19.8 Å². The van der Waals surface area contributed by atoms with Crippen LogP contribution in [-0.4, -0.2) is 40.9 Å². The lowest BCUT2D eigenvalue weighted by atomic mass is 9.95. The number of amides is 1. The minimum absolute atomic E-state index is 0.160. The first-order valence-corrected chi connectivity index (χ1v) is 4.42. The maximum absolute atomic E-state index is 10.7. The predicted octanol–water partition coefficient (Wildman–Crippen LogP) is -1.50. The summed E-state index contributed by atoms with van der Waals surface area (Å²) >= 11 is 0. The molecule has 80 valence electrons. The highest BCUT2D eigenvalue weighted by atomic mass is 16.4. The fourth-order valence-corrected chi connectivity index (χ4v) is 1.47. The summed E-state index contributed by atoms with van der Waals surface area (Å²) in [4.78, 5) is 21.3. The topological polar surface area (TPSA) is 98.7 Å². The molecule has 0 saturated carbocycles. The Morgan fingerprint density at radius 2 is 2.14 bits per heavy atom. The second kappa shape index (κ2) is 4.39. The van der Waals surface area contributed by atoms with E-state index in [1.165, 1.54) is 6.92 Å². The number of piperidine rings is 1. The Balaban J connectivity index is 2.47. The molecule has 3 atom stereocenters. The minimum Gasteiger partial charge on any atom is -0.481 e. The number of nitrogens with one attached hydrogen (secondary N) is 2. The highest BCUT2D eigenvalue weighted by Crippen LogP contribution is 2.13. The Bertz CT molecular complexity index is 243. The number of carbonyl (C=O) groups excluding carboxylic acids is 1. The van der Waals surface area contributed by atoms with E-state index in [0.29, 0.717) is 0 Å². The molecular formula is C8H14N2O4. The van der Waals surface area contributed by atoms with Crippen molar-refractivity contribution in [3.63, 3.8) is 0 Å². The Kier molecular flexibility index (Phi) is 3.43. The van der Waals surface area contributed by atoms with Gasteiger partial charge in [-0.15, -0.1) is 0 Å². The van der Waals surface area contributed by atoms with Gasteiger partial charge >= 0.3 is 5.97 Å². The quantitative estimate of drug-likeness (QED) is 0.437. The molecular weight excluding hydrogens is 188 g/mol. The SMILES string of the molecule is CC(=O)N[C@H]1NC[C@H](C(=O)O)C[C@@H]1O. The van der Waals surface area contributed by atoms with Gasteiger partial charge in [0, 0.05) is 13.5 Å². The van der Waals surface area contributed by atoms with E-state index in [1.807, 2.05) is 0 Å². The predicted molar refractivity (Wildman–Crippen MR) is 47.4 cm³/mol. The molecule has 1 aliphatic heterocycles. The van der Waals surface area contributed by atoms with E-state index in [1.54, 1.807) is 0 Å². The molecule has 1 saturated heterocycles. The van der Waals surface area contributed by atoms with Gasteiger partial charge in [-0.25, -0.2) is 0 Å². The molecule has 0 spiro atoms. The van der Waals surface area contributed by atoms with Crippen molar-refractivity contribution in [1.29, 1.82) is 0 Å². The summed E-state index contributed by atoms with van der Waals surface area (Å²) in [5, 5.41) is 23.4. The number of hydrogen-bond acceptors (Lipinski definition) is 4. The molecule has 1 aliphatic rings. The monoisotopic (exact) mass is 202 g/mol. The summed E-state index contributed by atoms with van der Waals surface area (Å²) in [7, 11) is 0. The molecule has 1 heterocycles. The van der Waals surface area contributed by atoms with E-state index in [0.717, 1.165) is 0 Å². The highest BCUT2D eigenvalue weighted by molar-refractivity contribution is 5.73. The molecule has 0 bridgehead atoms. The van der Waals surface area contributed by atoms with Gasteiger partial charge in [0.2, 0.25) is 5.91 Å². The lowest BCUT2D eigenvalue weighted by Gasteiger charge is -2.32. The van der Waals surface area contributed by atoms with Crippen molar-refractivity contribution in [3.8, 4) is 0 Å². The number of carboxylic acid groups (broad SMARTS) is 1. The van der Waals surface area contributed by atoms with Crippen LogP contribution < -0.4 is 10.6 Å². The molecule has 6 nitrogen and oxygen atoms in total. The highest BCUT2D eigenvalue weighted by Gasteiger charge is 2.32. The van der Waals surface area contributed by atoms with E-state index in [9.17, 15) is 14.7 Å². The molecule has 4 N–H and O–H groups in total. The second-order valence-electron chi connectivity index (χ2n) is 3.42. The fourth-order valence-electron chi connectivity index (χ4n) is 1.47. The first-order valence-electron chi connectivity index (χ1n) is 4.42. The number of hydrogen-bond donors (Lipinski definition) is 4. The summed E-state index contributed by atoms with van der Waals surface area (Å²) in [5.41, 5.74) is 0. The Hall–Kier alpha value is -1.14. The van der Waals surface area contributed by atoms with Gasteiger partial charge < -0.3 is 15.5 Å². The number of carbonyl (C=O) groups is 2. The molecule has 0 radical (unpaired) electrons. The van der Waals surface area contributed by atoms with Crippen LogP contribution in [0.5, 0.6) is 0 Å². The van der Waals surface area contributed by atoms with Gasteiger partial charge in [0.25, 0.3) is 0 Å². The van der Waals surface area contributed by atoms with Crippen molar-refractivity contribution in [2.75, 3.05) is 6.54 Å². The molecule has 1 fully saturated rings. The smallest absolute Gasteiger partial charge is 0.307 e. The zero-order valence-corrected chi connectivity index (χ0v) is 7.86. The minimum atomic E-state index is -0.933. The lowest BCUT2D eigenvalue weighted by molar-refractivity contribution is -0.144. The fraction of sp³-hybridized carbons (Fsp3) is 0.750. The van der Waals surface area contributed by atoms with Gasteiger partial charge in [0.05, 0.1) is 12.0 Å². The Labute approximate surface area is 81.3 Å². The molecule has 1 amide bonds. The van der Waals surface area contributed by atoms with Gasteiger partial charge in [0.1, 0.15) is 6.17 Å². The number of aliphatic carboxylic acids is 1. The summed E-state index contributed by atoms with van der Waals surface area (Å²) in [5.74, 6) is -1.77. The zero-order chi connectivity index (χ0) is 10.7. The van der Waals surface area contributed by atoms with Crippen LogP contribution in [0.4, 0.5) is 0 Å². The molecule has 6 heteroatoms. The molecule has 0 aliphatic carbocycles. The van der Waals surface area contributed by atoms with Crippen molar-refractivity contribution >= 4 is 11.9 Å². The third-order valence-electron chi connectivity index (χ3n) is 2.20. The van der Waals surface area contributed by atoms with Crippen LogP contribution in [0, 0.1) is 5.92 Å². The normalized spacial score (nSPS) is 32.3. The first kappa shape index (κ1) is 10.9. The third kappa shape index (κ3) is 2.68. The van der Waals surface area contributed by atoms with Gasteiger partial charge in [0.15, 0.2) is 0 Å². The van der Waals surface area contributed by atoms with Gasteiger partial charge in [-0.2, -0.15) is 0 Å². The zero-order valence-electron chi connectivity index (χ0n) is 7.86. The van der Waals surface area contributed by atoms with Crippen LogP contribution in [0.3, 0.4) is 0 Å². The van der Waals surface area contributed by atoms with E-state index < -0.39 is 24.2 Å². The number of aliphatic hydroxyl groups is 1. The molecule has 1 rings (SSSR count). The van der Waals surface area contributed by atoms with Crippen LogP contribution in [0.15, 0.2) is 0 Å². The van der Waals surface area contributed by atoms with Crippen LogP contribution in [0.1, 0.15) is 13.3 Å². The summed E-state index contributed by atoms with van der Waals surface area (Å²) in [6.45, 7) is 1.61. The van der Waals surface area contributed by atoms with E-state index in [-0.39, 0.29) is 18.9 Å². The maximum Gasteiger partial charge on any atom is 0.307 e. The van der Waals surface area contributed by atoms with Gasteiger partial charge in [-0.1, -0.05) is 0 Å². The van der Waals surface area contributed by atoms with Gasteiger partial charge in [-0.3, -0.25) is 14.9 Å².